The predicted molar refractivity (Wildman–Crippen MR) is 86.0 cm³/mol. The summed E-state index contributed by atoms with van der Waals surface area (Å²) < 4.78 is 7.91. The monoisotopic (exact) mass is 320 g/mol. The minimum Gasteiger partial charge on any atom is -0.393 e. The second kappa shape index (κ2) is 6.49. The van der Waals surface area contributed by atoms with Crippen molar-refractivity contribution in [2.45, 2.75) is 63.1 Å². The average molecular weight is 320 g/mol. The Morgan fingerprint density at radius 2 is 2.00 bits per heavy atom. The standard InChI is InChI=1S/C17H28N4O2/c1-20-16(18-19-17(20)12-4-2-5-12)10-21-8-9-23-11-14(21)13-6-3-7-15(13)22/h12-15,22H,2-11H2,1H3. The van der Waals surface area contributed by atoms with Crippen LogP contribution in [-0.4, -0.2) is 56.7 Å². The van der Waals surface area contributed by atoms with E-state index in [0.717, 1.165) is 57.2 Å². The van der Waals surface area contributed by atoms with E-state index < -0.39 is 0 Å². The Bertz CT molecular complexity index is 543. The van der Waals surface area contributed by atoms with Gasteiger partial charge in [-0.1, -0.05) is 12.8 Å². The maximum absolute atomic E-state index is 10.3. The molecule has 3 unspecified atom stereocenters. The van der Waals surface area contributed by atoms with Gasteiger partial charge in [-0.15, -0.1) is 10.2 Å². The molecule has 128 valence electrons. The van der Waals surface area contributed by atoms with E-state index in [1.165, 1.54) is 19.3 Å². The molecule has 3 aliphatic rings. The van der Waals surface area contributed by atoms with Gasteiger partial charge >= 0.3 is 0 Å². The van der Waals surface area contributed by atoms with Crippen LogP contribution in [0.2, 0.25) is 0 Å². The van der Waals surface area contributed by atoms with Crippen LogP contribution in [0, 0.1) is 5.92 Å². The molecule has 1 saturated heterocycles. The molecule has 3 fully saturated rings. The molecule has 0 spiro atoms. The molecule has 2 saturated carbocycles. The van der Waals surface area contributed by atoms with Crippen molar-refractivity contribution >= 4 is 0 Å². The predicted octanol–water partition coefficient (Wildman–Crippen LogP) is 1.44. The molecule has 3 atom stereocenters. The van der Waals surface area contributed by atoms with Gasteiger partial charge in [-0.2, -0.15) is 0 Å². The Labute approximate surface area is 137 Å². The first-order valence-electron chi connectivity index (χ1n) is 9.12. The van der Waals surface area contributed by atoms with Gasteiger partial charge < -0.3 is 14.4 Å². The Kier molecular flexibility index (Phi) is 4.39. The Morgan fingerprint density at radius 3 is 2.70 bits per heavy atom. The first kappa shape index (κ1) is 15.5. The van der Waals surface area contributed by atoms with Crippen molar-refractivity contribution in [1.29, 1.82) is 0 Å². The largest absolute Gasteiger partial charge is 0.393 e. The van der Waals surface area contributed by atoms with Crippen LogP contribution in [0.4, 0.5) is 0 Å². The molecule has 6 heteroatoms. The van der Waals surface area contributed by atoms with Gasteiger partial charge in [0, 0.05) is 31.5 Å². The van der Waals surface area contributed by atoms with Crippen molar-refractivity contribution in [1.82, 2.24) is 19.7 Å². The van der Waals surface area contributed by atoms with Crippen molar-refractivity contribution in [3.8, 4) is 0 Å². The molecule has 1 aliphatic heterocycles. The van der Waals surface area contributed by atoms with Gasteiger partial charge in [0.15, 0.2) is 0 Å². The van der Waals surface area contributed by atoms with E-state index in [9.17, 15) is 5.11 Å². The molecule has 1 aromatic heterocycles. The van der Waals surface area contributed by atoms with Crippen LogP contribution < -0.4 is 0 Å². The summed E-state index contributed by atoms with van der Waals surface area (Å²) in [5.41, 5.74) is 0. The number of aliphatic hydroxyl groups is 1. The van der Waals surface area contributed by atoms with E-state index in [0.29, 0.717) is 17.9 Å². The van der Waals surface area contributed by atoms with Gasteiger partial charge in [0.25, 0.3) is 0 Å². The molecule has 0 bridgehead atoms. The number of rotatable bonds is 4. The van der Waals surface area contributed by atoms with Gasteiger partial charge in [-0.25, -0.2) is 0 Å². The van der Waals surface area contributed by atoms with Crippen LogP contribution in [0.5, 0.6) is 0 Å². The Balaban J connectivity index is 1.48. The van der Waals surface area contributed by atoms with Gasteiger partial charge in [0.1, 0.15) is 11.6 Å². The number of aliphatic hydroxyl groups excluding tert-OH is 1. The summed E-state index contributed by atoms with van der Waals surface area (Å²) >= 11 is 0. The third-order valence-corrected chi connectivity index (χ3v) is 6.12. The summed E-state index contributed by atoms with van der Waals surface area (Å²) in [6.45, 7) is 3.23. The van der Waals surface area contributed by atoms with Crippen LogP contribution >= 0.6 is 0 Å². The van der Waals surface area contributed by atoms with E-state index >= 15 is 0 Å². The van der Waals surface area contributed by atoms with Crippen molar-refractivity contribution in [3.05, 3.63) is 11.6 Å². The average Bonchev–Trinajstić information content (AvgIpc) is 3.07. The number of morpholine rings is 1. The highest BCUT2D eigenvalue weighted by Gasteiger charge is 2.38. The third-order valence-electron chi connectivity index (χ3n) is 6.12. The fourth-order valence-electron chi connectivity index (χ4n) is 4.38. The summed E-state index contributed by atoms with van der Waals surface area (Å²) in [4.78, 5) is 2.46. The highest BCUT2D eigenvalue weighted by Crippen LogP contribution is 2.36. The second-order valence-corrected chi connectivity index (χ2v) is 7.44. The summed E-state index contributed by atoms with van der Waals surface area (Å²) in [6.07, 6.45) is 6.82. The van der Waals surface area contributed by atoms with E-state index in [1.807, 2.05) is 0 Å². The Hall–Kier alpha value is -0.980. The number of ether oxygens (including phenoxy) is 1. The third kappa shape index (κ3) is 2.92. The van der Waals surface area contributed by atoms with Crippen molar-refractivity contribution in [3.63, 3.8) is 0 Å². The molecule has 0 radical (unpaired) electrons. The molecule has 2 aliphatic carbocycles. The number of hydrogen-bond acceptors (Lipinski definition) is 5. The van der Waals surface area contributed by atoms with E-state index in [2.05, 4.69) is 26.7 Å². The minimum absolute atomic E-state index is 0.172. The van der Waals surface area contributed by atoms with E-state index in [4.69, 9.17) is 4.74 Å². The molecular formula is C17H28N4O2. The van der Waals surface area contributed by atoms with Crippen molar-refractivity contribution in [2.24, 2.45) is 13.0 Å². The van der Waals surface area contributed by atoms with Crippen LogP contribution in [0.15, 0.2) is 0 Å². The van der Waals surface area contributed by atoms with Crippen molar-refractivity contribution < 1.29 is 9.84 Å². The van der Waals surface area contributed by atoms with Crippen molar-refractivity contribution in [2.75, 3.05) is 19.8 Å². The summed E-state index contributed by atoms with van der Waals surface area (Å²) in [6, 6.07) is 0.310. The first-order chi connectivity index (χ1) is 11.2. The second-order valence-electron chi connectivity index (χ2n) is 7.44. The minimum atomic E-state index is -0.172. The number of hydrogen-bond donors (Lipinski definition) is 1. The number of aromatic nitrogens is 3. The van der Waals surface area contributed by atoms with Crippen LogP contribution in [0.25, 0.3) is 0 Å². The topological polar surface area (TPSA) is 63.4 Å². The molecule has 2 heterocycles. The first-order valence-corrected chi connectivity index (χ1v) is 9.12. The molecule has 1 aromatic rings. The smallest absolute Gasteiger partial charge is 0.146 e. The number of nitrogens with zero attached hydrogens (tertiary/aromatic N) is 4. The molecule has 6 nitrogen and oxygen atoms in total. The highest BCUT2D eigenvalue weighted by atomic mass is 16.5. The van der Waals surface area contributed by atoms with Gasteiger partial charge in [-0.05, 0) is 25.7 Å². The zero-order valence-corrected chi connectivity index (χ0v) is 14.0. The van der Waals surface area contributed by atoms with E-state index in [1.54, 1.807) is 0 Å². The van der Waals surface area contributed by atoms with Crippen LogP contribution in [0.1, 0.15) is 56.1 Å². The maximum atomic E-state index is 10.3. The normalized spacial score (nSPS) is 33.0. The fraction of sp³-hybridized carbons (Fsp3) is 0.882. The van der Waals surface area contributed by atoms with Gasteiger partial charge in [-0.3, -0.25) is 4.90 Å². The summed E-state index contributed by atoms with van der Waals surface area (Å²) in [7, 11) is 2.10. The summed E-state index contributed by atoms with van der Waals surface area (Å²) in [5, 5.41) is 19.2. The zero-order chi connectivity index (χ0) is 15.8. The Morgan fingerprint density at radius 1 is 1.17 bits per heavy atom. The van der Waals surface area contributed by atoms with Crippen LogP contribution in [0.3, 0.4) is 0 Å². The van der Waals surface area contributed by atoms with Gasteiger partial charge in [0.05, 0.1) is 25.9 Å². The molecule has 1 N–H and O–H groups in total. The molecular weight excluding hydrogens is 292 g/mol. The fourth-order valence-corrected chi connectivity index (χ4v) is 4.38. The highest BCUT2D eigenvalue weighted by molar-refractivity contribution is 5.05. The lowest BCUT2D eigenvalue weighted by atomic mass is 9.85. The molecule has 4 rings (SSSR count). The SMILES string of the molecule is Cn1c(CN2CCOCC2C2CCCC2O)nnc1C1CCC1. The van der Waals surface area contributed by atoms with E-state index in [-0.39, 0.29) is 6.10 Å². The molecule has 23 heavy (non-hydrogen) atoms. The molecule has 0 aromatic carbocycles. The lowest BCUT2D eigenvalue weighted by Crippen LogP contribution is -2.50. The van der Waals surface area contributed by atoms with Crippen LogP contribution in [-0.2, 0) is 18.3 Å². The zero-order valence-electron chi connectivity index (χ0n) is 14.0. The molecule has 0 amide bonds. The maximum Gasteiger partial charge on any atom is 0.146 e. The lowest BCUT2D eigenvalue weighted by molar-refractivity contribution is -0.0548. The summed E-state index contributed by atoms with van der Waals surface area (Å²) in [5.74, 6) is 3.15. The lowest BCUT2D eigenvalue weighted by Gasteiger charge is -2.39. The van der Waals surface area contributed by atoms with Gasteiger partial charge in [0.2, 0.25) is 0 Å². The quantitative estimate of drug-likeness (QED) is 0.909.